The van der Waals surface area contributed by atoms with Gasteiger partial charge in [-0.25, -0.2) is 9.97 Å². The largest absolute Gasteiger partial charge is 0.392 e. The molecular weight excluding hydrogens is 434 g/mol. The average Bonchev–Trinajstić information content (AvgIpc) is 2.86. The highest BCUT2D eigenvalue weighted by Crippen LogP contribution is 2.21. The highest BCUT2D eigenvalue weighted by atomic mass is 16.1. The third-order valence-corrected chi connectivity index (χ3v) is 5.86. The van der Waals surface area contributed by atoms with E-state index in [4.69, 9.17) is 4.98 Å². The highest BCUT2D eigenvalue weighted by molar-refractivity contribution is 5.76. The summed E-state index contributed by atoms with van der Waals surface area (Å²) in [5.41, 5.74) is 6.03. The summed E-state index contributed by atoms with van der Waals surface area (Å²) < 4.78 is 0. The second kappa shape index (κ2) is 14.7. The number of nitrogens with zero attached hydrogens (tertiary/aromatic N) is 3. The lowest BCUT2D eigenvalue weighted by molar-refractivity contribution is 0.112. The number of anilines is 1. The minimum absolute atomic E-state index is 0.552. The molecule has 35 heavy (non-hydrogen) atoms. The summed E-state index contributed by atoms with van der Waals surface area (Å²) in [5, 5.41) is 6.32. The summed E-state index contributed by atoms with van der Waals surface area (Å²) in [6.45, 7) is 12.0. The number of likely N-dealkylation sites (N-methyl/N-ethyl adjacent to an activating group) is 1. The monoisotopic (exact) mass is 473 g/mol. The standard InChI is InChI=1S/C19H26N2.C10H13N3O/c1-6-9-10-11-16(7-2)18-13-12-17(8-3)19(21-18)14-15(4)20-5;1-11-9-5-13(6-9)10-4-8(7-14)2-3-12-10/h7-10,12-14,20H,3,6,11H2,1-2,4-5H3;2-4,7,9,11H,5-6H2,1H3/b10-9+,15-14+,16-7+;. The first-order valence-electron chi connectivity index (χ1n) is 12.1. The van der Waals surface area contributed by atoms with Gasteiger partial charge in [0.25, 0.3) is 0 Å². The minimum atomic E-state index is 0.552. The second-order valence-corrected chi connectivity index (χ2v) is 8.31. The highest BCUT2D eigenvalue weighted by Gasteiger charge is 2.25. The zero-order valence-corrected chi connectivity index (χ0v) is 21.7. The Labute approximate surface area is 210 Å². The molecule has 2 aromatic rings. The van der Waals surface area contributed by atoms with E-state index in [0.717, 1.165) is 60.7 Å². The molecule has 6 heteroatoms. The van der Waals surface area contributed by atoms with E-state index in [9.17, 15) is 4.79 Å². The predicted molar refractivity (Wildman–Crippen MR) is 149 cm³/mol. The molecule has 0 unspecified atom stereocenters. The van der Waals surface area contributed by atoms with E-state index in [1.54, 1.807) is 12.3 Å². The molecule has 0 saturated carbocycles. The molecule has 0 aromatic carbocycles. The SMILES string of the molecule is C=Cc1ccc(/C(=C/C)C/C=C/CC)nc1/C=C(\C)NC.CNC1CN(c2cc(C=O)ccn2)C1. The summed E-state index contributed by atoms with van der Waals surface area (Å²) in [7, 11) is 3.87. The lowest BCUT2D eigenvalue weighted by atomic mass is 10.0. The molecule has 0 bridgehead atoms. The topological polar surface area (TPSA) is 70.2 Å². The van der Waals surface area contributed by atoms with Gasteiger partial charge in [0.1, 0.15) is 12.1 Å². The Balaban J connectivity index is 0.000000266. The van der Waals surface area contributed by atoms with Crippen molar-refractivity contribution in [1.82, 2.24) is 20.6 Å². The molecule has 0 atom stereocenters. The van der Waals surface area contributed by atoms with Crippen LogP contribution in [-0.4, -0.2) is 49.5 Å². The van der Waals surface area contributed by atoms with Crippen LogP contribution in [0.25, 0.3) is 17.7 Å². The Kier molecular flexibility index (Phi) is 11.6. The van der Waals surface area contributed by atoms with Gasteiger partial charge in [-0.2, -0.15) is 0 Å². The van der Waals surface area contributed by atoms with Crippen LogP contribution in [0.5, 0.6) is 0 Å². The molecule has 1 saturated heterocycles. The van der Waals surface area contributed by atoms with Crippen molar-refractivity contribution in [3.05, 3.63) is 83.5 Å². The number of rotatable bonds is 10. The first kappa shape index (κ1) is 27.7. The number of carbonyl (C=O) groups excluding carboxylic acids is 1. The number of carbonyl (C=O) groups is 1. The number of hydrogen-bond acceptors (Lipinski definition) is 6. The van der Waals surface area contributed by atoms with Crippen molar-refractivity contribution < 1.29 is 4.79 Å². The van der Waals surface area contributed by atoms with Crippen LogP contribution in [0.15, 0.2) is 61.0 Å². The van der Waals surface area contributed by atoms with Crippen molar-refractivity contribution in [3.8, 4) is 0 Å². The van der Waals surface area contributed by atoms with Gasteiger partial charge in [0.05, 0.1) is 11.4 Å². The van der Waals surface area contributed by atoms with Crippen LogP contribution < -0.4 is 15.5 Å². The zero-order chi connectivity index (χ0) is 25.6. The molecular formula is C29H39N5O. The molecule has 0 radical (unpaired) electrons. The van der Waals surface area contributed by atoms with Gasteiger partial charge in [-0.05, 0) is 69.1 Å². The van der Waals surface area contributed by atoms with Crippen LogP contribution in [0.1, 0.15) is 60.9 Å². The fraction of sp³-hybridized carbons (Fsp3) is 0.345. The molecule has 1 fully saturated rings. The normalized spacial score (nSPS) is 14.3. The number of hydrogen-bond donors (Lipinski definition) is 2. The second-order valence-electron chi connectivity index (χ2n) is 8.31. The van der Waals surface area contributed by atoms with Crippen LogP contribution in [0.3, 0.4) is 0 Å². The van der Waals surface area contributed by atoms with Gasteiger partial charge in [-0.15, -0.1) is 0 Å². The van der Waals surface area contributed by atoms with Gasteiger partial charge >= 0.3 is 0 Å². The van der Waals surface area contributed by atoms with Crippen LogP contribution in [-0.2, 0) is 0 Å². The lowest BCUT2D eigenvalue weighted by Gasteiger charge is -2.39. The Hall–Kier alpha value is -3.51. The first-order chi connectivity index (χ1) is 17.0. The number of aromatic nitrogens is 2. The van der Waals surface area contributed by atoms with Crippen LogP contribution in [0, 0.1) is 0 Å². The maximum absolute atomic E-state index is 10.5. The maximum atomic E-state index is 10.5. The first-order valence-corrected chi connectivity index (χ1v) is 12.1. The summed E-state index contributed by atoms with van der Waals surface area (Å²) in [4.78, 5) is 21.7. The fourth-order valence-corrected chi connectivity index (χ4v) is 3.51. The summed E-state index contributed by atoms with van der Waals surface area (Å²) in [6, 6.07) is 8.23. The van der Waals surface area contributed by atoms with E-state index in [0.29, 0.717) is 11.6 Å². The molecule has 3 heterocycles. The van der Waals surface area contributed by atoms with Crippen molar-refractivity contribution in [2.45, 2.75) is 39.7 Å². The Morgan fingerprint density at radius 2 is 2.00 bits per heavy atom. The van der Waals surface area contributed by atoms with E-state index in [1.165, 1.54) is 5.57 Å². The molecule has 2 N–H and O–H groups in total. The molecule has 6 nitrogen and oxygen atoms in total. The molecule has 0 aliphatic carbocycles. The molecule has 0 amide bonds. The summed E-state index contributed by atoms with van der Waals surface area (Å²) >= 11 is 0. The van der Waals surface area contributed by atoms with E-state index in [-0.39, 0.29) is 0 Å². The van der Waals surface area contributed by atoms with E-state index in [1.807, 2.05) is 33.2 Å². The van der Waals surface area contributed by atoms with E-state index in [2.05, 4.69) is 77.4 Å². The fourth-order valence-electron chi connectivity index (χ4n) is 3.51. The maximum Gasteiger partial charge on any atom is 0.150 e. The third kappa shape index (κ3) is 8.34. The Bertz CT molecular complexity index is 1060. The predicted octanol–water partition coefficient (Wildman–Crippen LogP) is 5.37. The number of allylic oxidation sites excluding steroid dienone is 5. The minimum Gasteiger partial charge on any atom is -0.392 e. The van der Waals surface area contributed by atoms with E-state index >= 15 is 0 Å². The van der Waals surface area contributed by atoms with Gasteiger partial charge in [-0.3, -0.25) is 4.79 Å². The Morgan fingerprint density at radius 1 is 1.23 bits per heavy atom. The molecule has 1 aliphatic heterocycles. The quantitative estimate of drug-likeness (QED) is 0.357. The van der Waals surface area contributed by atoms with Crippen LogP contribution >= 0.6 is 0 Å². The van der Waals surface area contributed by atoms with Gasteiger partial charge in [0, 0.05) is 43.6 Å². The summed E-state index contributed by atoms with van der Waals surface area (Å²) in [6.07, 6.45) is 14.9. The van der Waals surface area contributed by atoms with Gasteiger partial charge in [0.2, 0.25) is 0 Å². The van der Waals surface area contributed by atoms with Gasteiger partial charge in [0.15, 0.2) is 0 Å². The van der Waals surface area contributed by atoms with Crippen molar-refractivity contribution in [2.75, 3.05) is 32.1 Å². The number of aldehydes is 1. The van der Waals surface area contributed by atoms with Crippen molar-refractivity contribution in [3.63, 3.8) is 0 Å². The molecule has 0 spiro atoms. The van der Waals surface area contributed by atoms with Crippen molar-refractivity contribution in [2.24, 2.45) is 0 Å². The van der Waals surface area contributed by atoms with Gasteiger partial charge < -0.3 is 15.5 Å². The average molecular weight is 474 g/mol. The molecule has 1 aliphatic rings. The third-order valence-electron chi connectivity index (χ3n) is 5.86. The zero-order valence-electron chi connectivity index (χ0n) is 21.7. The summed E-state index contributed by atoms with van der Waals surface area (Å²) in [5.74, 6) is 0.890. The number of pyridine rings is 2. The van der Waals surface area contributed by atoms with Crippen molar-refractivity contribution in [1.29, 1.82) is 0 Å². The molecule has 2 aromatic heterocycles. The smallest absolute Gasteiger partial charge is 0.150 e. The van der Waals surface area contributed by atoms with Crippen LogP contribution in [0.4, 0.5) is 5.82 Å². The number of nitrogens with one attached hydrogen (secondary N) is 2. The van der Waals surface area contributed by atoms with Gasteiger partial charge in [-0.1, -0.05) is 43.9 Å². The van der Waals surface area contributed by atoms with Crippen molar-refractivity contribution >= 4 is 29.8 Å². The lowest BCUT2D eigenvalue weighted by Crippen LogP contribution is -2.57. The Morgan fingerprint density at radius 3 is 2.60 bits per heavy atom. The van der Waals surface area contributed by atoms with E-state index < -0.39 is 0 Å². The molecule has 186 valence electrons. The van der Waals surface area contributed by atoms with Crippen LogP contribution in [0.2, 0.25) is 0 Å². The molecule has 3 rings (SSSR count).